The molecule has 2 aromatic heterocycles. The molecular formula is C10H8BrIN4. The molecule has 2 heterocycles. The highest BCUT2D eigenvalue weighted by Gasteiger charge is 2.06. The first-order valence-corrected chi connectivity index (χ1v) is 6.40. The van der Waals surface area contributed by atoms with Crippen molar-refractivity contribution in [3.63, 3.8) is 0 Å². The predicted octanol–water partition coefficient (Wildman–Crippen LogP) is 2.95. The lowest BCUT2D eigenvalue weighted by atomic mass is 10.3. The molecule has 2 rings (SSSR count). The molecule has 2 aromatic rings. The van der Waals surface area contributed by atoms with Crippen LogP contribution in [0, 0.1) is 3.57 Å². The van der Waals surface area contributed by atoms with E-state index in [1.54, 1.807) is 12.4 Å². The average Bonchev–Trinajstić information content (AvgIpc) is 2.31. The van der Waals surface area contributed by atoms with E-state index in [1.165, 1.54) is 0 Å². The van der Waals surface area contributed by atoms with Crippen molar-refractivity contribution in [1.82, 2.24) is 15.0 Å². The second-order valence-electron chi connectivity index (χ2n) is 3.00. The fourth-order valence-corrected chi connectivity index (χ4v) is 1.94. The number of nitrogens with zero attached hydrogens (tertiary/aromatic N) is 3. The molecule has 0 aliphatic carbocycles. The van der Waals surface area contributed by atoms with Gasteiger partial charge in [-0.2, -0.15) is 0 Å². The van der Waals surface area contributed by atoms with Crippen LogP contribution in [-0.2, 0) is 0 Å². The highest BCUT2D eigenvalue weighted by atomic mass is 127. The third-order valence-corrected chi connectivity index (χ3v) is 3.20. The summed E-state index contributed by atoms with van der Waals surface area (Å²) >= 11 is 5.53. The summed E-state index contributed by atoms with van der Waals surface area (Å²) in [6.07, 6.45) is 3.51. The second kappa shape index (κ2) is 5.05. The van der Waals surface area contributed by atoms with E-state index in [4.69, 9.17) is 0 Å². The van der Waals surface area contributed by atoms with Gasteiger partial charge in [-0.25, -0.2) is 9.97 Å². The fourth-order valence-electron chi connectivity index (χ4n) is 1.17. The third-order valence-electron chi connectivity index (χ3n) is 1.94. The van der Waals surface area contributed by atoms with Crippen molar-refractivity contribution < 1.29 is 0 Å². The average molecular weight is 391 g/mol. The first-order valence-electron chi connectivity index (χ1n) is 4.53. The Labute approximate surface area is 115 Å². The maximum atomic E-state index is 4.38. The topological polar surface area (TPSA) is 50.7 Å². The highest BCUT2D eigenvalue weighted by Crippen LogP contribution is 2.19. The highest BCUT2D eigenvalue weighted by molar-refractivity contribution is 14.1. The van der Waals surface area contributed by atoms with Crippen molar-refractivity contribution in [1.29, 1.82) is 0 Å². The maximum absolute atomic E-state index is 4.38. The molecule has 6 heteroatoms. The van der Waals surface area contributed by atoms with Crippen LogP contribution in [0.3, 0.4) is 0 Å². The summed E-state index contributed by atoms with van der Waals surface area (Å²) in [7, 11) is 1.84. The maximum Gasteiger partial charge on any atom is 0.180 e. The van der Waals surface area contributed by atoms with E-state index in [2.05, 4.69) is 58.8 Å². The van der Waals surface area contributed by atoms with Crippen molar-refractivity contribution >= 4 is 44.3 Å². The molecule has 4 nitrogen and oxygen atoms in total. The molecular weight excluding hydrogens is 383 g/mol. The zero-order valence-electron chi connectivity index (χ0n) is 8.41. The molecule has 0 bridgehead atoms. The van der Waals surface area contributed by atoms with Crippen LogP contribution >= 0.6 is 38.5 Å². The Morgan fingerprint density at radius 2 is 2.06 bits per heavy atom. The number of nitrogens with one attached hydrogen (secondary N) is 1. The smallest absolute Gasteiger partial charge is 0.180 e. The lowest BCUT2D eigenvalue weighted by Gasteiger charge is -2.04. The van der Waals surface area contributed by atoms with E-state index in [9.17, 15) is 0 Å². The minimum absolute atomic E-state index is 0.622. The Hall–Kier alpha value is -0.760. The van der Waals surface area contributed by atoms with E-state index in [1.807, 2.05) is 19.2 Å². The van der Waals surface area contributed by atoms with Crippen molar-refractivity contribution in [2.24, 2.45) is 0 Å². The Bertz CT molecular complexity index is 501. The Balaban J connectivity index is 2.44. The van der Waals surface area contributed by atoms with Crippen LogP contribution in [0.15, 0.2) is 29.0 Å². The molecule has 1 N–H and O–H groups in total. The summed E-state index contributed by atoms with van der Waals surface area (Å²) in [6.45, 7) is 0. The number of pyridine rings is 1. The normalized spacial score (nSPS) is 10.2. The number of rotatable bonds is 2. The van der Waals surface area contributed by atoms with Crippen LogP contribution in [0.1, 0.15) is 0 Å². The van der Waals surface area contributed by atoms with Gasteiger partial charge in [-0.15, -0.1) is 0 Å². The summed E-state index contributed by atoms with van der Waals surface area (Å²) in [4.78, 5) is 12.9. The van der Waals surface area contributed by atoms with E-state index in [0.717, 1.165) is 19.6 Å². The van der Waals surface area contributed by atoms with Gasteiger partial charge in [0, 0.05) is 23.9 Å². The number of hydrogen-bond donors (Lipinski definition) is 1. The molecule has 0 aliphatic rings. The Morgan fingerprint density at radius 3 is 2.69 bits per heavy atom. The number of anilines is 1. The van der Waals surface area contributed by atoms with Crippen LogP contribution in [-0.4, -0.2) is 22.0 Å². The van der Waals surface area contributed by atoms with Gasteiger partial charge in [0.1, 0.15) is 11.5 Å². The van der Waals surface area contributed by atoms with Crippen LogP contribution in [0.25, 0.3) is 11.5 Å². The van der Waals surface area contributed by atoms with Gasteiger partial charge in [0.2, 0.25) is 0 Å². The summed E-state index contributed by atoms with van der Waals surface area (Å²) in [5.41, 5.74) is 0.760. The van der Waals surface area contributed by atoms with Gasteiger partial charge in [0.25, 0.3) is 0 Å². The van der Waals surface area contributed by atoms with E-state index in [0.29, 0.717) is 5.82 Å². The second-order valence-corrected chi connectivity index (χ2v) is 5.08. The molecule has 16 heavy (non-hydrogen) atoms. The van der Waals surface area contributed by atoms with Crippen molar-refractivity contribution in [3.8, 4) is 11.5 Å². The van der Waals surface area contributed by atoms with Crippen LogP contribution in [0.4, 0.5) is 5.82 Å². The summed E-state index contributed by atoms with van der Waals surface area (Å²) in [5.74, 6) is 1.44. The first-order chi connectivity index (χ1) is 7.70. The minimum atomic E-state index is 0.622. The molecule has 0 amide bonds. The largest absolute Gasteiger partial charge is 0.372 e. The van der Waals surface area contributed by atoms with Gasteiger partial charge in [-0.05, 0) is 50.7 Å². The lowest BCUT2D eigenvalue weighted by molar-refractivity contribution is 1.12. The Morgan fingerprint density at radius 1 is 1.25 bits per heavy atom. The van der Waals surface area contributed by atoms with Crippen LogP contribution in [0.2, 0.25) is 0 Å². The molecule has 0 radical (unpaired) electrons. The molecule has 0 saturated carbocycles. The molecule has 0 unspecified atom stereocenters. The molecule has 0 aliphatic heterocycles. The van der Waals surface area contributed by atoms with Gasteiger partial charge in [-0.1, -0.05) is 0 Å². The third kappa shape index (κ3) is 2.49. The number of hydrogen-bond acceptors (Lipinski definition) is 4. The van der Waals surface area contributed by atoms with E-state index >= 15 is 0 Å². The lowest BCUT2D eigenvalue weighted by Crippen LogP contribution is -2.00. The molecule has 0 atom stereocenters. The summed E-state index contributed by atoms with van der Waals surface area (Å²) in [5, 5.41) is 3.02. The SMILES string of the molecule is CNc1nc(-c2ccc(Br)cn2)ncc1I. The summed E-state index contributed by atoms with van der Waals surface area (Å²) < 4.78 is 1.93. The molecule has 0 fully saturated rings. The van der Waals surface area contributed by atoms with Gasteiger partial charge in [0.05, 0.1) is 3.57 Å². The van der Waals surface area contributed by atoms with Gasteiger partial charge < -0.3 is 5.32 Å². The molecule has 82 valence electrons. The van der Waals surface area contributed by atoms with Gasteiger partial charge >= 0.3 is 0 Å². The van der Waals surface area contributed by atoms with Gasteiger partial charge in [-0.3, -0.25) is 4.98 Å². The monoisotopic (exact) mass is 390 g/mol. The van der Waals surface area contributed by atoms with Crippen molar-refractivity contribution in [2.45, 2.75) is 0 Å². The van der Waals surface area contributed by atoms with Gasteiger partial charge in [0.15, 0.2) is 5.82 Å². The molecule has 0 spiro atoms. The van der Waals surface area contributed by atoms with Crippen molar-refractivity contribution in [2.75, 3.05) is 12.4 Å². The number of aromatic nitrogens is 3. The molecule has 0 aromatic carbocycles. The van der Waals surface area contributed by atoms with Crippen molar-refractivity contribution in [3.05, 3.63) is 32.6 Å². The van der Waals surface area contributed by atoms with Crippen LogP contribution in [0.5, 0.6) is 0 Å². The minimum Gasteiger partial charge on any atom is -0.372 e. The predicted molar refractivity (Wildman–Crippen MR) is 75.2 cm³/mol. The fraction of sp³-hybridized carbons (Fsp3) is 0.100. The first kappa shape index (κ1) is 11.7. The zero-order valence-corrected chi connectivity index (χ0v) is 12.2. The quantitative estimate of drug-likeness (QED) is 0.801. The van der Waals surface area contributed by atoms with E-state index in [-0.39, 0.29) is 0 Å². The van der Waals surface area contributed by atoms with Crippen LogP contribution < -0.4 is 5.32 Å². The zero-order chi connectivity index (χ0) is 11.5. The summed E-state index contributed by atoms with van der Waals surface area (Å²) in [6, 6.07) is 3.80. The molecule has 0 saturated heterocycles. The van der Waals surface area contributed by atoms with E-state index < -0.39 is 0 Å². The Kier molecular flexibility index (Phi) is 3.70. The number of halogens is 2. The standard InChI is InChI=1S/C10H8BrIN4/c1-13-9-7(12)5-15-10(16-9)8-3-2-6(11)4-14-8/h2-5H,1H3,(H,13,15,16).